The van der Waals surface area contributed by atoms with E-state index in [-0.39, 0.29) is 59.1 Å². The summed E-state index contributed by atoms with van der Waals surface area (Å²) in [6.45, 7) is 0. The number of benzene rings is 2. The summed E-state index contributed by atoms with van der Waals surface area (Å²) in [5.74, 6) is -3.15. The van der Waals surface area contributed by atoms with Crippen molar-refractivity contribution in [1.29, 1.82) is 0 Å². The molecule has 3 rings (SSSR count). The molecule has 154 valence electrons. The summed E-state index contributed by atoms with van der Waals surface area (Å²) in [6.07, 6.45) is -1.53. The number of hydrogen-bond donors (Lipinski definition) is 2. The predicted molar refractivity (Wildman–Crippen MR) is 91.4 cm³/mol. The maximum absolute atomic E-state index is 13.5. The molecule has 0 fully saturated rings. The average molecular weight is 512 g/mol. The van der Waals surface area contributed by atoms with Crippen LogP contribution >= 0.6 is 11.6 Å². The van der Waals surface area contributed by atoms with Gasteiger partial charge < -0.3 is 15.0 Å². The summed E-state index contributed by atoms with van der Waals surface area (Å²) in [4.78, 5) is 3.88. The summed E-state index contributed by atoms with van der Waals surface area (Å²) >= 11 is 5.60. The molecule has 1 aromatic heterocycles. The summed E-state index contributed by atoms with van der Waals surface area (Å²) in [5, 5.41) is 12.1. The number of anilines is 2. The standard InChI is InChI=1S/C14H8ClF2N3O7S2.2Na/c15-11-12(16)19-14(17)20-13(11)18-5-3-6-8(28(22,23)24)2-1-7(21)10(6)9(4-5)29(25,26)27;;/h1-4,21H,(H,18,19,20)(H,22,23,24)(H,25,26,27);;/q;2*+1/p-2. The van der Waals surface area contributed by atoms with Gasteiger partial charge in [0.2, 0.25) is 5.95 Å². The van der Waals surface area contributed by atoms with E-state index in [0.29, 0.717) is 18.2 Å². The summed E-state index contributed by atoms with van der Waals surface area (Å²) in [6, 6.07) is 2.79. The summed E-state index contributed by atoms with van der Waals surface area (Å²) < 4.78 is 94.1. The van der Waals surface area contributed by atoms with E-state index in [2.05, 4.69) is 15.3 Å². The van der Waals surface area contributed by atoms with Gasteiger partial charge in [-0.3, -0.25) is 4.55 Å². The van der Waals surface area contributed by atoms with Gasteiger partial charge in [-0.15, -0.1) is 0 Å². The van der Waals surface area contributed by atoms with Crippen LogP contribution in [-0.4, -0.2) is 35.9 Å². The quantitative estimate of drug-likeness (QED) is 0.150. The van der Waals surface area contributed by atoms with Gasteiger partial charge in [-0.1, -0.05) is 23.4 Å². The smallest absolute Gasteiger partial charge is 0.872 e. The predicted octanol–water partition coefficient (Wildman–Crippen LogP) is -4.46. The molecule has 2 N–H and O–H groups in total. The second-order valence-corrected chi connectivity index (χ2v) is 8.58. The van der Waals surface area contributed by atoms with Crippen molar-refractivity contribution in [2.24, 2.45) is 0 Å². The molecular formula is C14H6ClF2N3Na2O7S2. The third-order valence-electron chi connectivity index (χ3n) is 3.59. The first kappa shape index (κ1) is 28.4. The van der Waals surface area contributed by atoms with Crippen LogP contribution < -0.4 is 69.5 Å². The van der Waals surface area contributed by atoms with E-state index >= 15 is 0 Å². The summed E-state index contributed by atoms with van der Waals surface area (Å²) in [5.41, 5.74) is -0.417. The Morgan fingerprint density at radius 1 is 1.03 bits per heavy atom. The van der Waals surface area contributed by atoms with E-state index in [1.165, 1.54) is 0 Å². The van der Waals surface area contributed by atoms with Gasteiger partial charge in [0, 0.05) is 11.1 Å². The van der Waals surface area contributed by atoms with E-state index in [1.807, 2.05) is 0 Å². The SMILES string of the molecule is O=S(=O)([O-])c1ccc([O-])c2c(S(=O)(=O)O)cc(Nc3nc(F)nc(F)c3Cl)cc12.[Na+].[Na+]. The Kier molecular flexibility index (Phi) is 9.24. The number of rotatable bonds is 4. The van der Waals surface area contributed by atoms with Crippen molar-refractivity contribution < 1.29 is 98.9 Å². The van der Waals surface area contributed by atoms with Crippen LogP contribution in [0.4, 0.5) is 20.3 Å². The molecule has 2 aromatic carbocycles. The molecule has 0 aliphatic heterocycles. The third-order valence-corrected chi connectivity index (χ3v) is 5.70. The Hall–Kier alpha value is -0.650. The molecule has 17 heteroatoms. The topological polar surface area (TPSA) is 172 Å². The van der Waals surface area contributed by atoms with Crippen LogP contribution in [0.2, 0.25) is 5.02 Å². The molecule has 0 bridgehead atoms. The van der Waals surface area contributed by atoms with E-state index < -0.39 is 75.1 Å². The van der Waals surface area contributed by atoms with Gasteiger partial charge >= 0.3 is 65.2 Å². The molecule has 0 amide bonds. The molecule has 31 heavy (non-hydrogen) atoms. The molecule has 0 saturated carbocycles. The zero-order chi connectivity index (χ0) is 21.7. The largest absolute Gasteiger partial charge is 1.00 e. The second kappa shape index (κ2) is 10.1. The van der Waals surface area contributed by atoms with Crippen molar-refractivity contribution in [2.45, 2.75) is 9.79 Å². The monoisotopic (exact) mass is 511 g/mol. The Balaban J connectivity index is 0.00000240. The molecule has 0 aliphatic carbocycles. The maximum Gasteiger partial charge on any atom is 1.00 e. The molecule has 1 heterocycles. The molecule has 0 aliphatic rings. The summed E-state index contributed by atoms with van der Waals surface area (Å²) in [7, 11) is -10.3. The molecule has 10 nitrogen and oxygen atoms in total. The fraction of sp³-hybridized carbons (Fsp3) is 0. The average Bonchev–Trinajstić information content (AvgIpc) is 2.57. The van der Waals surface area contributed by atoms with Crippen LogP contribution in [0.25, 0.3) is 10.8 Å². The van der Waals surface area contributed by atoms with Gasteiger partial charge in [0.25, 0.3) is 10.1 Å². The van der Waals surface area contributed by atoms with E-state index in [1.54, 1.807) is 0 Å². The number of nitrogens with zero attached hydrogens (tertiary/aromatic N) is 2. The molecule has 0 unspecified atom stereocenters. The zero-order valence-electron chi connectivity index (χ0n) is 15.6. The van der Waals surface area contributed by atoms with Crippen LogP contribution in [0, 0.1) is 12.0 Å². The van der Waals surface area contributed by atoms with Crippen LogP contribution in [0.1, 0.15) is 0 Å². The van der Waals surface area contributed by atoms with Crippen LogP contribution in [0.15, 0.2) is 34.1 Å². The van der Waals surface area contributed by atoms with Crippen molar-refractivity contribution in [3.63, 3.8) is 0 Å². The van der Waals surface area contributed by atoms with Crippen molar-refractivity contribution in [1.82, 2.24) is 9.97 Å². The number of nitrogens with one attached hydrogen (secondary N) is 1. The Bertz CT molecular complexity index is 1390. The minimum atomic E-state index is -5.18. The Morgan fingerprint density at radius 3 is 2.19 bits per heavy atom. The fourth-order valence-electron chi connectivity index (χ4n) is 2.50. The van der Waals surface area contributed by atoms with Gasteiger partial charge in [0.05, 0.1) is 4.90 Å². The van der Waals surface area contributed by atoms with Crippen molar-refractivity contribution >= 4 is 54.1 Å². The first-order valence-electron chi connectivity index (χ1n) is 7.16. The second-order valence-electron chi connectivity index (χ2n) is 5.46. The Labute approximate surface area is 223 Å². The van der Waals surface area contributed by atoms with Gasteiger partial charge in [-0.25, -0.2) is 8.42 Å². The van der Waals surface area contributed by atoms with E-state index in [9.17, 15) is 39.8 Å². The minimum absolute atomic E-state index is 0. The van der Waals surface area contributed by atoms with Crippen molar-refractivity contribution in [2.75, 3.05) is 5.32 Å². The zero-order valence-corrected chi connectivity index (χ0v) is 21.9. The number of halogens is 3. The fourth-order valence-corrected chi connectivity index (χ4v) is 4.04. The van der Waals surface area contributed by atoms with Crippen LogP contribution in [0.5, 0.6) is 5.75 Å². The van der Waals surface area contributed by atoms with Crippen LogP contribution in [0.3, 0.4) is 0 Å². The normalized spacial score (nSPS) is 11.5. The van der Waals surface area contributed by atoms with Gasteiger partial charge in [0.1, 0.15) is 20.0 Å². The number of aromatic nitrogens is 2. The van der Waals surface area contributed by atoms with Gasteiger partial charge in [-0.05, 0) is 23.6 Å². The maximum atomic E-state index is 13.5. The molecule has 0 atom stereocenters. The van der Waals surface area contributed by atoms with Gasteiger partial charge in [0.15, 0.2) is 5.82 Å². The van der Waals surface area contributed by atoms with Crippen molar-refractivity contribution in [3.05, 3.63) is 41.3 Å². The van der Waals surface area contributed by atoms with E-state index in [4.69, 9.17) is 11.6 Å². The number of hydrogen-bond acceptors (Lipinski definition) is 9. The first-order chi connectivity index (χ1) is 13.3. The van der Waals surface area contributed by atoms with Gasteiger partial charge in [-0.2, -0.15) is 27.2 Å². The third kappa shape index (κ3) is 6.03. The Morgan fingerprint density at radius 2 is 1.65 bits per heavy atom. The molecule has 0 spiro atoms. The molecular weight excluding hydrogens is 506 g/mol. The minimum Gasteiger partial charge on any atom is -0.872 e. The molecule has 0 saturated heterocycles. The molecule has 0 radical (unpaired) electrons. The molecule has 3 aromatic rings. The van der Waals surface area contributed by atoms with Crippen LogP contribution in [-0.2, 0) is 20.2 Å². The number of fused-ring (bicyclic) bond motifs is 1. The van der Waals surface area contributed by atoms with Crippen molar-refractivity contribution in [3.8, 4) is 5.75 Å². The van der Waals surface area contributed by atoms with E-state index in [0.717, 1.165) is 6.07 Å². The first-order valence-corrected chi connectivity index (χ1v) is 10.4.